The summed E-state index contributed by atoms with van der Waals surface area (Å²) in [5.41, 5.74) is 0. The summed E-state index contributed by atoms with van der Waals surface area (Å²) in [5, 5.41) is 19.0. The summed E-state index contributed by atoms with van der Waals surface area (Å²) in [6, 6.07) is 0. The molecule has 0 heterocycles. The van der Waals surface area contributed by atoms with E-state index >= 15 is 0 Å². The van der Waals surface area contributed by atoms with Crippen LogP contribution in [-0.2, 0) is 4.79 Å². The van der Waals surface area contributed by atoms with Gasteiger partial charge in [0.05, 0.1) is 12.0 Å². The Morgan fingerprint density at radius 3 is 2.44 bits per heavy atom. The van der Waals surface area contributed by atoms with Crippen molar-refractivity contribution in [3.05, 3.63) is 0 Å². The molecule has 0 aromatic heterocycles. The summed E-state index contributed by atoms with van der Waals surface area (Å²) in [4.78, 5) is 12.9. The molecular formula is C14H27NO3. The number of hydrogen-bond acceptors (Lipinski definition) is 3. The normalized spacial score (nSPS) is 20.2. The molecule has 1 aliphatic carbocycles. The zero-order chi connectivity index (χ0) is 13.5. The largest absolute Gasteiger partial charge is 0.481 e. The van der Waals surface area contributed by atoms with Crippen molar-refractivity contribution < 1.29 is 15.0 Å². The lowest BCUT2D eigenvalue weighted by Gasteiger charge is -2.26. The van der Waals surface area contributed by atoms with Gasteiger partial charge in [0.15, 0.2) is 0 Å². The van der Waals surface area contributed by atoms with Crippen LogP contribution in [0, 0.1) is 11.8 Å². The van der Waals surface area contributed by atoms with E-state index in [9.17, 15) is 9.90 Å². The number of hydrogen-bond donors (Lipinski definition) is 2. The third-order valence-electron chi connectivity index (χ3n) is 3.95. The molecule has 0 radical (unpaired) electrons. The Kier molecular flexibility index (Phi) is 6.65. The highest BCUT2D eigenvalue weighted by Crippen LogP contribution is 2.28. The van der Waals surface area contributed by atoms with Crippen molar-refractivity contribution >= 4 is 5.97 Å². The quantitative estimate of drug-likeness (QED) is 0.698. The number of aliphatic hydroxyl groups is 1. The summed E-state index contributed by atoms with van der Waals surface area (Å²) in [6.07, 6.45) is 5.64. The molecule has 4 nitrogen and oxygen atoms in total. The zero-order valence-electron chi connectivity index (χ0n) is 11.6. The highest BCUT2D eigenvalue weighted by Gasteiger charge is 2.21. The predicted octanol–water partition coefficient (Wildman–Crippen LogP) is 1.97. The van der Waals surface area contributed by atoms with Gasteiger partial charge in [0.25, 0.3) is 0 Å². The van der Waals surface area contributed by atoms with Crippen LogP contribution in [0.4, 0.5) is 0 Å². The van der Waals surface area contributed by atoms with Gasteiger partial charge < -0.3 is 15.1 Å². The Bertz CT molecular complexity index is 251. The van der Waals surface area contributed by atoms with Crippen LogP contribution in [0.5, 0.6) is 0 Å². The van der Waals surface area contributed by atoms with E-state index in [0.717, 1.165) is 13.0 Å². The first kappa shape index (κ1) is 15.4. The highest BCUT2D eigenvalue weighted by atomic mass is 16.4. The van der Waals surface area contributed by atoms with Gasteiger partial charge in [-0.05, 0) is 18.9 Å². The van der Waals surface area contributed by atoms with Crippen molar-refractivity contribution in [3.8, 4) is 0 Å². The number of carbonyl (C=O) groups is 1. The minimum Gasteiger partial charge on any atom is -0.481 e. The van der Waals surface area contributed by atoms with Crippen LogP contribution in [0.15, 0.2) is 0 Å². The Morgan fingerprint density at radius 2 is 1.94 bits per heavy atom. The second kappa shape index (κ2) is 7.74. The van der Waals surface area contributed by atoms with Crippen molar-refractivity contribution in [1.82, 2.24) is 4.90 Å². The number of carboxylic acids is 1. The van der Waals surface area contributed by atoms with E-state index in [4.69, 9.17) is 5.11 Å². The zero-order valence-corrected chi connectivity index (χ0v) is 11.6. The van der Waals surface area contributed by atoms with Crippen molar-refractivity contribution in [2.75, 3.05) is 19.6 Å². The number of carboxylic acid groups (broad SMARTS) is 1. The van der Waals surface area contributed by atoms with Crippen LogP contribution in [0.1, 0.15) is 46.0 Å². The molecule has 18 heavy (non-hydrogen) atoms. The first-order chi connectivity index (χ1) is 8.52. The summed E-state index contributed by atoms with van der Waals surface area (Å²) >= 11 is 0. The van der Waals surface area contributed by atoms with Crippen LogP contribution in [0.25, 0.3) is 0 Å². The molecular weight excluding hydrogens is 230 g/mol. The molecule has 0 bridgehead atoms. The number of rotatable bonds is 8. The molecule has 2 N–H and O–H groups in total. The van der Waals surface area contributed by atoms with Gasteiger partial charge in [0, 0.05) is 13.1 Å². The molecule has 0 amide bonds. The van der Waals surface area contributed by atoms with E-state index in [1.165, 1.54) is 25.7 Å². The molecule has 1 rings (SSSR count). The van der Waals surface area contributed by atoms with Gasteiger partial charge in [-0.25, -0.2) is 0 Å². The lowest BCUT2D eigenvalue weighted by Crippen LogP contribution is -2.37. The smallest absolute Gasteiger partial charge is 0.307 e. The van der Waals surface area contributed by atoms with Gasteiger partial charge in [-0.3, -0.25) is 4.79 Å². The molecule has 1 fully saturated rings. The second-order valence-corrected chi connectivity index (χ2v) is 5.63. The maximum Gasteiger partial charge on any atom is 0.307 e. The van der Waals surface area contributed by atoms with Gasteiger partial charge in [-0.15, -0.1) is 0 Å². The second-order valence-electron chi connectivity index (χ2n) is 5.63. The van der Waals surface area contributed by atoms with Crippen LogP contribution >= 0.6 is 0 Å². The Morgan fingerprint density at radius 1 is 1.33 bits per heavy atom. The minimum atomic E-state index is -0.765. The van der Waals surface area contributed by atoms with Crippen molar-refractivity contribution in [2.45, 2.75) is 52.1 Å². The highest BCUT2D eigenvalue weighted by molar-refractivity contribution is 5.69. The van der Waals surface area contributed by atoms with Crippen molar-refractivity contribution in [2.24, 2.45) is 11.8 Å². The Hall–Kier alpha value is -0.610. The average Bonchev–Trinajstić information content (AvgIpc) is 2.80. The summed E-state index contributed by atoms with van der Waals surface area (Å²) in [5.74, 6) is -0.460. The summed E-state index contributed by atoms with van der Waals surface area (Å²) in [7, 11) is 0. The first-order valence-electron chi connectivity index (χ1n) is 7.16. The van der Waals surface area contributed by atoms with E-state index in [0.29, 0.717) is 19.0 Å². The average molecular weight is 257 g/mol. The molecule has 106 valence electrons. The van der Waals surface area contributed by atoms with Gasteiger partial charge in [-0.2, -0.15) is 0 Å². The molecule has 1 saturated carbocycles. The van der Waals surface area contributed by atoms with Gasteiger partial charge in [0.1, 0.15) is 0 Å². The van der Waals surface area contributed by atoms with E-state index in [2.05, 4.69) is 0 Å². The molecule has 0 aromatic rings. The fourth-order valence-electron chi connectivity index (χ4n) is 2.80. The van der Waals surface area contributed by atoms with E-state index < -0.39 is 5.97 Å². The predicted molar refractivity (Wildman–Crippen MR) is 71.5 cm³/mol. The lowest BCUT2D eigenvalue weighted by molar-refractivity contribution is -0.141. The molecule has 0 aromatic carbocycles. The fourth-order valence-corrected chi connectivity index (χ4v) is 2.80. The molecule has 1 aliphatic rings. The van der Waals surface area contributed by atoms with Gasteiger partial charge in [-0.1, -0.05) is 39.5 Å². The third-order valence-corrected chi connectivity index (χ3v) is 3.95. The molecule has 0 aliphatic heterocycles. The monoisotopic (exact) mass is 257 g/mol. The molecule has 2 atom stereocenters. The van der Waals surface area contributed by atoms with E-state index in [1.54, 1.807) is 6.92 Å². The number of nitrogens with zero attached hydrogens (tertiary/aromatic N) is 1. The first-order valence-corrected chi connectivity index (χ1v) is 7.16. The Balaban J connectivity index is 2.29. The topological polar surface area (TPSA) is 60.8 Å². The Labute approximate surface area is 110 Å². The SMILES string of the molecule is CCN(CC(O)CC1CCCC1)CC(C)C(=O)O. The number of aliphatic hydroxyl groups excluding tert-OH is 1. The van der Waals surface area contributed by atoms with Crippen LogP contribution < -0.4 is 0 Å². The lowest BCUT2D eigenvalue weighted by atomic mass is 9.99. The molecule has 4 heteroatoms. The number of likely N-dealkylation sites (N-methyl/N-ethyl adjacent to an activating group) is 1. The summed E-state index contributed by atoms with van der Waals surface area (Å²) in [6.45, 7) is 5.64. The van der Waals surface area contributed by atoms with Crippen LogP contribution in [0.2, 0.25) is 0 Å². The maximum absolute atomic E-state index is 10.8. The fraction of sp³-hybridized carbons (Fsp3) is 0.929. The van der Waals surface area contributed by atoms with Crippen molar-refractivity contribution in [1.29, 1.82) is 0 Å². The number of aliphatic carboxylic acids is 1. The standard InChI is InChI=1S/C14H27NO3/c1-3-15(9-11(2)14(17)18)10-13(16)8-12-6-4-5-7-12/h11-13,16H,3-10H2,1-2H3,(H,17,18). The minimum absolute atomic E-state index is 0.311. The van der Waals surface area contributed by atoms with Crippen LogP contribution in [-0.4, -0.2) is 46.8 Å². The van der Waals surface area contributed by atoms with Crippen molar-refractivity contribution in [3.63, 3.8) is 0 Å². The van der Waals surface area contributed by atoms with Gasteiger partial charge >= 0.3 is 5.97 Å². The van der Waals surface area contributed by atoms with E-state index in [1.807, 2.05) is 11.8 Å². The molecule has 2 unspecified atom stereocenters. The van der Waals surface area contributed by atoms with E-state index in [-0.39, 0.29) is 12.0 Å². The third kappa shape index (κ3) is 5.36. The summed E-state index contributed by atoms with van der Waals surface area (Å²) < 4.78 is 0. The van der Waals surface area contributed by atoms with Gasteiger partial charge in [0.2, 0.25) is 0 Å². The molecule has 0 spiro atoms. The van der Waals surface area contributed by atoms with Crippen LogP contribution in [0.3, 0.4) is 0 Å². The maximum atomic E-state index is 10.8. The molecule has 0 saturated heterocycles.